The van der Waals surface area contributed by atoms with Crippen molar-refractivity contribution in [2.75, 3.05) is 17.1 Å². The van der Waals surface area contributed by atoms with Gasteiger partial charge in [-0.15, -0.1) is 0 Å². The van der Waals surface area contributed by atoms with Crippen molar-refractivity contribution >= 4 is 27.5 Å². The first-order chi connectivity index (χ1) is 23.2. The first-order valence-electron chi connectivity index (χ1n) is 16.3. The van der Waals surface area contributed by atoms with Gasteiger partial charge >= 0.3 is 0 Å². The summed E-state index contributed by atoms with van der Waals surface area (Å²) in [5, 5.41) is 3.18. The molecule has 0 aromatic heterocycles. The number of hydrogen-bond acceptors (Lipinski definition) is 5. The molecule has 0 saturated heterocycles. The third-order valence-electron chi connectivity index (χ3n) is 8.54. The third-order valence-corrected chi connectivity index (χ3v) is 9.68. The molecule has 0 unspecified atom stereocenters. The fraction of sp³-hybridized carbons (Fsp3) is 0.316. The Morgan fingerprint density at radius 3 is 2.02 bits per heavy atom. The lowest BCUT2D eigenvalue weighted by Crippen LogP contribution is -2.55. The summed E-state index contributed by atoms with van der Waals surface area (Å²) in [7, 11) is -3.93. The summed E-state index contributed by atoms with van der Waals surface area (Å²) < 4.78 is 47.0. The van der Waals surface area contributed by atoms with E-state index < -0.39 is 34.3 Å². The molecule has 1 fully saturated rings. The lowest BCUT2D eigenvalue weighted by Gasteiger charge is -2.35. The Balaban J connectivity index is 1.43. The Morgan fingerprint density at radius 2 is 1.42 bits per heavy atom. The van der Waals surface area contributed by atoms with Crippen molar-refractivity contribution in [2.24, 2.45) is 0 Å². The van der Waals surface area contributed by atoms with Crippen LogP contribution in [0, 0.1) is 5.82 Å². The summed E-state index contributed by atoms with van der Waals surface area (Å²) in [5.74, 6) is -0.740. The first-order valence-corrected chi connectivity index (χ1v) is 18.1. The fourth-order valence-corrected chi connectivity index (χ4v) is 6.80. The molecule has 1 N–H and O–H groups in total. The van der Waals surface area contributed by atoms with E-state index in [0.717, 1.165) is 53.8 Å². The molecule has 0 bridgehead atoms. The maximum atomic E-state index is 14.3. The Bertz CT molecular complexity index is 1730. The molecule has 2 amide bonds. The van der Waals surface area contributed by atoms with Crippen LogP contribution in [-0.2, 0) is 39.2 Å². The molecule has 252 valence electrons. The van der Waals surface area contributed by atoms with E-state index in [2.05, 4.69) is 5.32 Å². The van der Waals surface area contributed by atoms with Gasteiger partial charge in [0.15, 0.2) is 0 Å². The summed E-state index contributed by atoms with van der Waals surface area (Å²) in [6.45, 7) is -0.205. The van der Waals surface area contributed by atoms with Gasteiger partial charge in [-0.05, 0) is 65.9 Å². The van der Waals surface area contributed by atoms with Crippen LogP contribution >= 0.6 is 0 Å². The average Bonchev–Trinajstić information content (AvgIpc) is 3.09. The number of rotatable bonds is 14. The minimum Gasteiger partial charge on any atom is -0.489 e. The maximum Gasteiger partial charge on any atom is 0.244 e. The van der Waals surface area contributed by atoms with Crippen LogP contribution in [-0.4, -0.2) is 50.0 Å². The Kier molecular flexibility index (Phi) is 11.8. The van der Waals surface area contributed by atoms with Crippen LogP contribution in [0.4, 0.5) is 10.1 Å². The molecule has 4 aromatic carbocycles. The number of amides is 2. The molecule has 0 heterocycles. The molecule has 4 aromatic rings. The van der Waals surface area contributed by atoms with E-state index in [1.165, 1.54) is 17.0 Å². The number of carbonyl (C=O) groups is 2. The number of carbonyl (C=O) groups excluding carboxylic acids is 2. The second-order valence-corrected chi connectivity index (χ2v) is 14.1. The summed E-state index contributed by atoms with van der Waals surface area (Å²) in [6, 6.07) is 30.4. The number of halogens is 1. The van der Waals surface area contributed by atoms with Gasteiger partial charge < -0.3 is 15.0 Å². The molecule has 1 aliphatic carbocycles. The van der Waals surface area contributed by atoms with E-state index in [1.54, 1.807) is 36.4 Å². The number of benzene rings is 4. The SMILES string of the molecule is CS(=O)(=O)N(CC(=O)N(Cc1ccc(F)cc1)[C@@H](Cc1ccccc1)C(=O)NC1CCCCC1)c1ccc(OCc2ccccc2)cc1. The topological polar surface area (TPSA) is 96.0 Å². The van der Waals surface area contributed by atoms with E-state index in [4.69, 9.17) is 4.74 Å². The monoisotopic (exact) mass is 671 g/mol. The highest BCUT2D eigenvalue weighted by Gasteiger charge is 2.34. The highest BCUT2D eigenvalue weighted by molar-refractivity contribution is 7.92. The summed E-state index contributed by atoms with van der Waals surface area (Å²) in [6.07, 6.45) is 6.15. The van der Waals surface area contributed by atoms with E-state index in [-0.39, 0.29) is 30.6 Å². The average molecular weight is 672 g/mol. The number of ether oxygens (including phenoxy) is 1. The van der Waals surface area contributed by atoms with E-state index in [9.17, 15) is 22.4 Å². The molecule has 48 heavy (non-hydrogen) atoms. The molecule has 1 aliphatic rings. The summed E-state index contributed by atoms with van der Waals surface area (Å²) >= 11 is 0. The Labute approximate surface area is 282 Å². The Hall–Kier alpha value is -4.70. The molecule has 1 saturated carbocycles. The predicted molar refractivity (Wildman–Crippen MR) is 185 cm³/mol. The normalized spacial score (nSPS) is 14.1. The van der Waals surface area contributed by atoms with Crippen molar-refractivity contribution in [1.82, 2.24) is 10.2 Å². The second kappa shape index (κ2) is 16.4. The Morgan fingerprint density at radius 1 is 0.812 bits per heavy atom. The molecule has 5 rings (SSSR count). The van der Waals surface area contributed by atoms with Gasteiger partial charge in [-0.1, -0.05) is 92.1 Å². The standard InChI is InChI=1S/C38H42FN3O5S/c1-48(45,46)42(34-21-23-35(24-22-34)47-28-31-13-7-3-8-14-31)27-37(43)41(26-30-17-19-32(39)20-18-30)36(25-29-11-5-2-6-12-29)38(44)40-33-15-9-4-10-16-33/h2-3,5-8,11-14,17-24,33,36H,4,9-10,15-16,25-28H2,1H3,(H,40,44)/t36-/m0/s1. The number of nitrogens with zero attached hydrogens (tertiary/aromatic N) is 2. The number of nitrogens with one attached hydrogen (secondary N) is 1. The van der Waals surface area contributed by atoms with Gasteiger partial charge in [0.25, 0.3) is 0 Å². The van der Waals surface area contributed by atoms with Crippen LogP contribution in [0.3, 0.4) is 0 Å². The highest BCUT2D eigenvalue weighted by atomic mass is 32.2. The molecule has 1 atom stereocenters. The molecule has 0 aliphatic heterocycles. The largest absolute Gasteiger partial charge is 0.489 e. The number of anilines is 1. The maximum absolute atomic E-state index is 14.3. The van der Waals surface area contributed by atoms with Gasteiger partial charge in [0.2, 0.25) is 21.8 Å². The van der Waals surface area contributed by atoms with Crippen LogP contribution < -0.4 is 14.4 Å². The smallest absolute Gasteiger partial charge is 0.244 e. The minimum absolute atomic E-state index is 0.00226. The minimum atomic E-state index is -3.93. The zero-order chi connectivity index (χ0) is 33.9. The molecule has 0 spiro atoms. The van der Waals surface area contributed by atoms with E-state index >= 15 is 0 Å². The van der Waals surface area contributed by atoms with Gasteiger partial charge in [-0.3, -0.25) is 13.9 Å². The van der Waals surface area contributed by atoms with Crippen molar-refractivity contribution in [1.29, 1.82) is 0 Å². The quantitative estimate of drug-likeness (QED) is 0.171. The van der Waals surface area contributed by atoms with Crippen LogP contribution in [0.1, 0.15) is 48.8 Å². The van der Waals surface area contributed by atoms with Crippen LogP contribution in [0.5, 0.6) is 5.75 Å². The number of hydrogen-bond donors (Lipinski definition) is 1. The number of sulfonamides is 1. The van der Waals surface area contributed by atoms with Gasteiger partial charge in [0, 0.05) is 19.0 Å². The second-order valence-electron chi connectivity index (χ2n) is 12.2. The fourth-order valence-electron chi connectivity index (χ4n) is 5.95. The van der Waals surface area contributed by atoms with Gasteiger partial charge in [0.05, 0.1) is 11.9 Å². The highest BCUT2D eigenvalue weighted by Crippen LogP contribution is 2.24. The van der Waals surface area contributed by atoms with Crippen molar-refractivity contribution in [3.63, 3.8) is 0 Å². The first kappa shape index (κ1) is 34.6. The van der Waals surface area contributed by atoms with Gasteiger partial charge in [-0.2, -0.15) is 0 Å². The molecule has 8 nitrogen and oxygen atoms in total. The zero-order valence-corrected chi connectivity index (χ0v) is 27.9. The van der Waals surface area contributed by atoms with Crippen molar-refractivity contribution in [3.8, 4) is 5.75 Å². The van der Waals surface area contributed by atoms with Crippen LogP contribution in [0.15, 0.2) is 109 Å². The summed E-state index contributed by atoms with van der Waals surface area (Å²) in [4.78, 5) is 29.8. The van der Waals surface area contributed by atoms with Crippen molar-refractivity contribution in [2.45, 2.75) is 63.8 Å². The van der Waals surface area contributed by atoms with Crippen LogP contribution in [0.25, 0.3) is 0 Å². The van der Waals surface area contributed by atoms with E-state index in [1.807, 2.05) is 60.7 Å². The van der Waals surface area contributed by atoms with Crippen molar-refractivity contribution in [3.05, 3.63) is 132 Å². The van der Waals surface area contributed by atoms with Gasteiger partial charge in [-0.25, -0.2) is 12.8 Å². The lowest BCUT2D eigenvalue weighted by molar-refractivity contribution is -0.140. The van der Waals surface area contributed by atoms with Crippen molar-refractivity contribution < 1.29 is 27.1 Å². The van der Waals surface area contributed by atoms with E-state index in [0.29, 0.717) is 17.9 Å². The third kappa shape index (κ3) is 9.90. The predicted octanol–water partition coefficient (Wildman–Crippen LogP) is 6.26. The molecule has 0 radical (unpaired) electrons. The molecular weight excluding hydrogens is 629 g/mol. The molecule has 10 heteroatoms. The van der Waals surface area contributed by atoms with Crippen LogP contribution in [0.2, 0.25) is 0 Å². The zero-order valence-electron chi connectivity index (χ0n) is 27.1. The molecular formula is C38H42FN3O5S. The lowest BCUT2D eigenvalue weighted by atomic mass is 9.94. The summed E-state index contributed by atoms with van der Waals surface area (Å²) in [5.41, 5.74) is 2.73. The van der Waals surface area contributed by atoms with Gasteiger partial charge in [0.1, 0.15) is 30.8 Å².